The summed E-state index contributed by atoms with van der Waals surface area (Å²) in [6.07, 6.45) is 0. The van der Waals surface area contributed by atoms with Crippen LogP contribution in [-0.4, -0.2) is 4.57 Å². The van der Waals surface area contributed by atoms with Crippen LogP contribution in [0.3, 0.4) is 0 Å². The highest BCUT2D eigenvalue weighted by molar-refractivity contribution is 6.17. The van der Waals surface area contributed by atoms with Gasteiger partial charge in [-0.25, -0.2) is 0 Å². The van der Waals surface area contributed by atoms with E-state index in [4.69, 9.17) is 0 Å². The molecule has 0 amide bonds. The van der Waals surface area contributed by atoms with Gasteiger partial charge in [-0.3, -0.25) is 0 Å². The zero-order chi connectivity index (χ0) is 43.6. The van der Waals surface area contributed by atoms with Crippen molar-refractivity contribution in [3.05, 3.63) is 255 Å². The van der Waals surface area contributed by atoms with E-state index < -0.39 is 0 Å². The van der Waals surface area contributed by atoms with Gasteiger partial charge in [0.2, 0.25) is 0 Å². The molecule has 2 nitrogen and oxygen atoms in total. The summed E-state index contributed by atoms with van der Waals surface area (Å²) >= 11 is 0. The number of para-hydroxylation sites is 1. The van der Waals surface area contributed by atoms with Crippen molar-refractivity contribution in [2.45, 2.75) is 0 Å². The van der Waals surface area contributed by atoms with Crippen LogP contribution in [0.15, 0.2) is 255 Å². The highest BCUT2D eigenvalue weighted by atomic mass is 15.1. The van der Waals surface area contributed by atoms with Crippen LogP contribution in [-0.2, 0) is 0 Å². The summed E-state index contributed by atoms with van der Waals surface area (Å²) in [5, 5.41) is 12.5. The Morgan fingerprint density at radius 2 is 0.773 bits per heavy atom. The number of nitrogens with zero attached hydrogens (tertiary/aromatic N) is 2. The van der Waals surface area contributed by atoms with Gasteiger partial charge >= 0.3 is 0 Å². The van der Waals surface area contributed by atoms with Gasteiger partial charge in [0.1, 0.15) is 0 Å². The topological polar surface area (TPSA) is 8.17 Å². The van der Waals surface area contributed by atoms with E-state index in [1.807, 2.05) is 0 Å². The molecule has 66 heavy (non-hydrogen) atoms. The van der Waals surface area contributed by atoms with Gasteiger partial charge < -0.3 is 9.47 Å². The Balaban J connectivity index is 0.965. The van der Waals surface area contributed by atoms with E-state index in [1.165, 1.54) is 92.7 Å². The zero-order valence-electron chi connectivity index (χ0n) is 36.1. The third-order valence-electron chi connectivity index (χ3n) is 13.5. The predicted octanol–water partition coefficient (Wildman–Crippen LogP) is 17.9. The number of rotatable bonds is 7. The lowest BCUT2D eigenvalue weighted by Gasteiger charge is -2.27. The first-order valence-corrected chi connectivity index (χ1v) is 22.7. The molecule has 13 rings (SSSR count). The number of aromatic nitrogens is 1. The Kier molecular flexibility index (Phi) is 8.89. The summed E-state index contributed by atoms with van der Waals surface area (Å²) in [5.41, 5.74) is 14.0. The molecule has 308 valence electrons. The molecule has 13 aromatic rings. The van der Waals surface area contributed by atoms with Crippen LogP contribution < -0.4 is 4.90 Å². The number of hydrogen-bond acceptors (Lipinski definition) is 1. The van der Waals surface area contributed by atoms with Gasteiger partial charge in [0, 0.05) is 33.5 Å². The molecule has 0 unspecified atom stereocenters. The van der Waals surface area contributed by atoms with E-state index in [9.17, 15) is 0 Å². The van der Waals surface area contributed by atoms with E-state index in [-0.39, 0.29) is 0 Å². The second-order valence-corrected chi connectivity index (χ2v) is 17.3. The maximum absolute atomic E-state index is 2.43. The summed E-state index contributed by atoms with van der Waals surface area (Å²) in [6, 6.07) is 93.4. The van der Waals surface area contributed by atoms with Crippen molar-refractivity contribution < 1.29 is 0 Å². The van der Waals surface area contributed by atoms with Crippen molar-refractivity contribution in [3.8, 4) is 39.1 Å². The van der Waals surface area contributed by atoms with Crippen LogP contribution in [0.5, 0.6) is 0 Å². The SMILES string of the molecule is c1ccc(-c2ccc3c4c(-c5cccc(N(c6ccc(-c7ccc8c(ccc9ccccc98)c7)cc6)c6ccc7c(ccc8ccccc87)c6)c5)cccc4n(-c4ccccc4)c3c2)cc1. The number of fused-ring (bicyclic) bond motifs is 9. The van der Waals surface area contributed by atoms with Crippen LogP contribution in [0.25, 0.3) is 104 Å². The van der Waals surface area contributed by atoms with Crippen LogP contribution in [0.1, 0.15) is 0 Å². The van der Waals surface area contributed by atoms with E-state index in [0.29, 0.717) is 0 Å². The average Bonchev–Trinajstić information content (AvgIpc) is 3.73. The minimum absolute atomic E-state index is 1.09. The van der Waals surface area contributed by atoms with Gasteiger partial charge in [0.05, 0.1) is 11.0 Å². The van der Waals surface area contributed by atoms with Crippen molar-refractivity contribution in [1.29, 1.82) is 0 Å². The first-order chi connectivity index (χ1) is 32.7. The van der Waals surface area contributed by atoms with Crippen molar-refractivity contribution >= 4 is 82.0 Å². The third-order valence-corrected chi connectivity index (χ3v) is 13.5. The molecule has 0 bridgehead atoms. The highest BCUT2D eigenvalue weighted by Crippen LogP contribution is 2.44. The van der Waals surface area contributed by atoms with Crippen molar-refractivity contribution in [1.82, 2.24) is 4.57 Å². The monoisotopic (exact) mass is 838 g/mol. The molecule has 0 N–H and O–H groups in total. The molecule has 1 aromatic heterocycles. The number of benzene rings is 12. The van der Waals surface area contributed by atoms with Gasteiger partial charge in [0.15, 0.2) is 0 Å². The Morgan fingerprint density at radius 1 is 0.258 bits per heavy atom. The molecule has 0 aliphatic carbocycles. The van der Waals surface area contributed by atoms with E-state index in [2.05, 4.69) is 264 Å². The molecule has 2 heteroatoms. The molecule has 0 spiro atoms. The van der Waals surface area contributed by atoms with Crippen LogP contribution in [0.2, 0.25) is 0 Å². The van der Waals surface area contributed by atoms with E-state index in [0.717, 1.165) is 28.3 Å². The lowest BCUT2D eigenvalue weighted by Crippen LogP contribution is -2.10. The Morgan fingerprint density at radius 3 is 1.52 bits per heavy atom. The normalized spacial score (nSPS) is 11.6. The summed E-state index contributed by atoms with van der Waals surface area (Å²) in [5.74, 6) is 0. The van der Waals surface area contributed by atoms with Crippen molar-refractivity contribution in [3.63, 3.8) is 0 Å². The summed E-state index contributed by atoms with van der Waals surface area (Å²) < 4.78 is 2.43. The molecular weight excluding hydrogens is 797 g/mol. The fourth-order valence-electron chi connectivity index (χ4n) is 10.4. The second-order valence-electron chi connectivity index (χ2n) is 17.3. The van der Waals surface area contributed by atoms with Gasteiger partial charge in [0.25, 0.3) is 0 Å². The molecule has 0 fully saturated rings. The third kappa shape index (κ3) is 6.34. The largest absolute Gasteiger partial charge is 0.310 e. The van der Waals surface area contributed by atoms with Gasteiger partial charge in [-0.05, 0) is 143 Å². The van der Waals surface area contributed by atoms with Crippen molar-refractivity contribution in [2.24, 2.45) is 0 Å². The molecule has 0 aliphatic heterocycles. The molecule has 0 aliphatic rings. The Hall–Kier alpha value is -8.72. The van der Waals surface area contributed by atoms with Crippen LogP contribution >= 0.6 is 0 Å². The summed E-state index contributed by atoms with van der Waals surface area (Å²) in [7, 11) is 0. The molecule has 0 saturated heterocycles. The first kappa shape index (κ1) is 37.8. The molecular formula is C64H42N2. The number of hydrogen-bond donors (Lipinski definition) is 0. The fourth-order valence-corrected chi connectivity index (χ4v) is 10.4. The van der Waals surface area contributed by atoms with Crippen LogP contribution in [0, 0.1) is 0 Å². The average molecular weight is 839 g/mol. The van der Waals surface area contributed by atoms with E-state index in [1.54, 1.807) is 0 Å². The molecule has 0 saturated carbocycles. The van der Waals surface area contributed by atoms with Crippen LogP contribution in [0.4, 0.5) is 17.1 Å². The zero-order valence-corrected chi connectivity index (χ0v) is 36.1. The first-order valence-electron chi connectivity index (χ1n) is 22.7. The minimum Gasteiger partial charge on any atom is -0.310 e. The summed E-state index contributed by atoms with van der Waals surface area (Å²) in [4.78, 5) is 2.41. The minimum atomic E-state index is 1.09. The van der Waals surface area contributed by atoms with Gasteiger partial charge in [-0.1, -0.05) is 188 Å². The summed E-state index contributed by atoms with van der Waals surface area (Å²) in [6.45, 7) is 0. The lowest BCUT2D eigenvalue weighted by atomic mass is 9.96. The fraction of sp³-hybridized carbons (Fsp3) is 0. The van der Waals surface area contributed by atoms with Gasteiger partial charge in [-0.15, -0.1) is 0 Å². The molecule has 12 aromatic carbocycles. The van der Waals surface area contributed by atoms with E-state index >= 15 is 0 Å². The maximum atomic E-state index is 2.43. The highest BCUT2D eigenvalue weighted by Gasteiger charge is 2.20. The Labute approximate surface area is 383 Å². The molecule has 1 heterocycles. The molecule has 0 atom stereocenters. The standard InChI is InChI=1S/C64H42N2/c1-3-13-43(14-4-1)48-32-37-61-63(42-48)66(52-18-5-2-6-19-52)62-24-12-23-60(64(61)62)49-17-11-20-54(40-49)65(55-35-38-59-51(41-55)28-26-46-16-8-10-22-57(46)59)53-33-29-44(30-34-53)47-31-36-58-50(39-47)27-25-45-15-7-9-21-56(45)58/h1-42H. The second kappa shape index (κ2) is 15.5. The van der Waals surface area contributed by atoms with Crippen molar-refractivity contribution in [2.75, 3.05) is 4.90 Å². The lowest BCUT2D eigenvalue weighted by molar-refractivity contribution is 1.18. The predicted molar refractivity (Wildman–Crippen MR) is 282 cm³/mol. The molecule has 0 radical (unpaired) electrons. The maximum Gasteiger partial charge on any atom is 0.0547 e. The van der Waals surface area contributed by atoms with Gasteiger partial charge in [-0.2, -0.15) is 0 Å². The smallest absolute Gasteiger partial charge is 0.0547 e. The number of anilines is 3. The Bertz CT molecular complexity index is 3980. The quantitative estimate of drug-likeness (QED) is 0.145.